The average molecular weight is 589 g/mol. The maximum atomic E-state index is 13.9. The predicted octanol–water partition coefficient (Wildman–Crippen LogP) is 6.29. The fraction of sp³-hybridized carbons (Fsp3) is 0.576. The van der Waals surface area contributed by atoms with Gasteiger partial charge in [-0.3, -0.25) is 0 Å². The van der Waals surface area contributed by atoms with E-state index < -0.39 is 35.7 Å². The Morgan fingerprint density at radius 1 is 0.905 bits per heavy atom. The Bertz CT molecular complexity index is 1250. The summed E-state index contributed by atoms with van der Waals surface area (Å²) in [7, 11) is 2.10. The SMILES string of the molecule is C[N+]1(CCCOc2ccc3c(c2)CCCC3)CCC(OC(=O)C(OC(=O)C(F)(F)F)(c2ccccc2)C2CCCC2)C1. The molecule has 42 heavy (non-hydrogen) atoms. The smallest absolute Gasteiger partial charge is 0.490 e. The number of likely N-dealkylation sites (N-methyl/N-ethyl adjacent to an activating group) is 1. The summed E-state index contributed by atoms with van der Waals surface area (Å²) in [6.45, 7) is 2.69. The summed E-state index contributed by atoms with van der Waals surface area (Å²) < 4.78 is 58.2. The van der Waals surface area contributed by atoms with Gasteiger partial charge in [-0.2, -0.15) is 13.2 Å². The first-order valence-electron chi connectivity index (χ1n) is 15.2. The largest absolute Gasteiger partial charge is 0.493 e. The maximum Gasteiger partial charge on any atom is 0.490 e. The van der Waals surface area contributed by atoms with Crippen LogP contribution in [0.2, 0.25) is 0 Å². The first-order valence-corrected chi connectivity index (χ1v) is 15.2. The molecule has 3 aliphatic rings. The van der Waals surface area contributed by atoms with Crippen molar-refractivity contribution in [3.05, 3.63) is 65.2 Å². The second-order valence-corrected chi connectivity index (χ2v) is 12.4. The Hall–Kier alpha value is -3.07. The van der Waals surface area contributed by atoms with E-state index in [1.807, 2.05) is 6.07 Å². The average Bonchev–Trinajstić information content (AvgIpc) is 3.64. The Morgan fingerprint density at radius 3 is 2.33 bits per heavy atom. The molecule has 2 fully saturated rings. The van der Waals surface area contributed by atoms with Crippen LogP contribution in [0.1, 0.15) is 68.1 Å². The Morgan fingerprint density at radius 2 is 1.62 bits per heavy atom. The van der Waals surface area contributed by atoms with Crippen LogP contribution in [0.15, 0.2) is 48.5 Å². The number of hydrogen-bond donors (Lipinski definition) is 0. The summed E-state index contributed by atoms with van der Waals surface area (Å²) in [5, 5.41) is 0. The number of alkyl halides is 3. The van der Waals surface area contributed by atoms with Crippen molar-refractivity contribution in [3.8, 4) is 5.75 Å². The zero-order valence-electron chi connectivity index (χ0n) is 24.3. The van der Waals surface area contributed by atoms with Crippen LogP contribution in [0.3, 0.4) is 0 Å². The van der Waals surface area contributed by atoms with Gasteiger partial charge in [-0.05, 0) is 61.8 Å². The van der Waals surface area contributed by atoms with Crippen LogP contribution < -0.4 is 4.74 Å². The van der Waals surface area contributed by atoms with Gasteiger partial charge in [0.25, 0.3) is 0 Å². The number of benzene rings is 2. The van der Waals surface area contributed by atoms with Crippen LogP contribution in [-0.2, 0) is 37.5 Å². The van der Waals surface area contributed by atoms with Gasteiger partial charge in [0, 0.05) is 24.3 Å². The van der Waals surface area contributed by atoms with Crippen LogP contribution >= 0.6 is 0 Å². The molecular weight excluding hydrogens is 547 g/mol. The number of esters is 2. The number of rotatable bonds is 10. The molecule has 2 aromatic carbocycles. The lowest BCUT2D eigenvalue weighted by molar-refractivity contribution is -0.899. The molecule has 0 aromatic heterocycles. The molecule has 0 bridgehead atoms. The number of carbonyl (C=O) groups is 2. The lowest BCUT2D eigenvalue weighted by Gasteiger charge is -2.37. The summed E-state index contributed by atoms with van der Waals surface area (Å²) in [5.41, 5.74) is 0.877. The molecule has 1 heterocycles. The highest BCUT2D eigenvalue weighted by Gasteiger charge is 2.57. The highest BCUT2D eigenvalue weighted by molar-refractivity contribution is 5.87. The third-order valence-corrected chi connectivity index (χ3v) is 9.26. The highest BCUT2D eigenvalue weighted by atomic mass is 19.4. The number of hydrogen-bond acceptors (Lipinski definition) is 5. The molecule has 3 unspecified atom stereocenters. The number of ether oxygens (including phenoxy) is 3. The van der Waals surface area contributed by atoms with Crippen LogP contribution in [0.4, 0.5) is 13.2 Å². The first kappa shape index (κ1) is 30.4. The minimum atomic E-state index is -5.23. The number of quaternary nitrogens is 1. The monoisotopic (exact) mass is 588 g/mol. The highest BCUT2D eigenvalue weighted by Crippen LogP contribution is 2.46. The fourth-order valence-corrected chi connectivity index (χ4v) is 7.03. The van der Waals surface area contributed by atoms with Crippen molar-refractivity contribution in [2.75, 3.05) is 33.3 Å². The van der Waals surface area contributed by atoms with E-state index in [1.165, 1.54) is 24.0 Å². The Balaban J connectivity index is 1.23. The van der Waals surface area contributed by atoms with Gasteiger partial charge in [0.2, 0.25) is 5.60 Å². The molecule has 0 amide bonds. The van der Waals surface area contributed by atoms with Gasteiger partial charge in [0.05, 0.1) is 26.7 Å². The number of nitrogens with zero attached hydrogens (tertiary/aromatic N) is 1. The number of likely N-dealkylation sites (tertiary alicyclic amines) is 1. The number of aryl methyl sites for hydroxylation is 2. The lowest BCUT2D eigenvalue weighted by atomic mass is 9.79. The van der Waals surface area contributed by atoms with Crippen LogP contribution in [0.25, 0.3) is 0 Å². The van der Waals surface area contributed by atoms with Crippen molar-refractivity contribution in [3.63, 3.8) is 0 Å². The van der Waals surface area contributed by atoms with E-state index in [0.29, 0.717) is 36.9 Å². The molecule has 2 aromatic rings. The fourth-order valence-electron chi connectivity index (χ4n) is 7.03. The molecule has 2 aliphatic carbocycles. The molecule has 0 spiro atoms. The summed E-state index contributed by atoms with van der Waals surface area (Å²) in [6.07, 6.45) is 2.78. The van der Waals surface area contributed by atoms with Gasteiger partial charge in [-0.1, -0.05) is 49.2 Å². The van der Waals surface area contributed by atoms with Crippen LogP contribution in [0.5, 0.6) is 5.75 Å². The Kier molecular flexibility index (Phi) is 9.16. The van der Waals surface area contributed by atoms with Gasteiger partial charge in [0.15, 0.2) is 6.10 Å². The van der Waals surface area contributed by atoms with Crippen LogP contribution in [0, 0.1) is 5.92 Å². The zero-order chi connectivity index (χ0) is 29.8. The lowest BCUT2D eigenvalue weighted by Crippen LogP contribution is -2.51. The van der Waals surface area contributed by atoms with E-state index in [-0.39, 0.29) is 5.56 Å². The van der Waals surface area contributed by atoms with Crippen molar-refractivity contribution < 1.29 is 41.5 Å². The molecule has 0 N–H and O–H groups in total. The standard InChI is InChI=1S/C33H41F3NO5/c1-37(19-9-21-40-28-17-16-24-10-5-6-11-25(24)22-28)20-18-29(23-37)41-30(38)32(27-14-7-8-15-27,26-12-3-2-4-13-26)42-31(39)33(34,35)36/h2-4,12-13,16-17,22,27,29H,5-11,14-15,18-21,23H2,1H3/q+1. The third-order valence-electron chi connectivity index (χ3n) is 9.26. The van der Waals surface area contributed by atoms with E-state index in [0.717, 1.165) is 50.9 Å². The molecule has 3 atom stereocenters. The number of carbonyl (C=O) groups excluding carboxylic acids is 2. The van der Waals surface area contributed by atoms with Crippen molar-refractivity contribution in [2.24, 2.45) is 5.92 Å². The molecular formula is C33H41F3NO5+. The number of fused-ring (bicyclic) bond motifs is 1. The van der Waals surface area contributed by atoms with E-state index in [4.69, 9.17) is 14.2 Å². The summed E-state index contributed by atoms with van der Waals surface area (Å²) in [5.74, 6) is -2.99. The van der Waals surface area contributed by atoms with Gasteiger partial charge in [-0.15, -0.1) is 0 Å². The van der Waals surface area contributed by atoms with Crippen molar-refractivity contribution in [1.82, 2.24) is 0 Å². The zero-order valence-corrected chi connectivity index (χ0v) is 24.3. The van der Waals surface area contributed by atoms with E-state index >= 15 is 0 Å². The molecule has 1 saturated heterocycles. The van der Waals surface area contributed by atoms with Crippen molar-refractivity contribution in [1.29, 1.82) is 0 Å². The quantitative estimate of drug-likeness (QED) is 0.186. The molecule has 1 saturated carbocycles. The normalized spacial score (nSPS) is 24.0. The molecule has 6 nitrogen and oxygen atoms in total. The second kappa shape index (κ2) is 12.7. The predicted molar refractivity (Wildman–Crippen MR) is 151 cm³/mol. The third kappa shape index (κ3) is 6.77. The second-order valence-electron chi connectivity index (χ2n) is 12.4. The van der Waals surface area contributed by atoms with Gasteiger partial charge in [-0.25, -0.2) is 9.59 Å². The first-order chi connectivity index (χ1) is 20.1. The van der Waals surface area contributed by atoms with E-state index in [1.54, 1.807) is 30.3 Å². The minimum Gasteiger partial charge on any atom is -0.493 e. The molecule has 9 heteroatoms. The summed E-state index contributed by atoms with van der Waals surface area (Å²) in [4.78, 5) is 26.1. The molecule has 228 valence electrons. The van der Waals surface area contributed by atoms with E-state index in [9.17, 15) is 22.8 Å². The Labute approximate surface area is 245 Å². The van der Waals surface area contributed by atoms with Gasteiger partial charge < -0.3 is 18.7 Å². The minimum absolute atomic E-state index is 0.217. The van der Waals surface area contributed by atoms with Gasteiger partial charge >= 0.3 is 18.1 Å². The summed E-state index contributed by atoms with van der Waals surface area (Å²) >= 11 is 0. The van der Waals surface area contributed by atoms with Crippen molar-refractivity contribution >= 4 is 11.9 Å². The topological polar surface area (TPSA) is 61.8 Å². The summed E-state index contributed by atoms with van der Waals surface area (Å²) in [6, 6.07) is 14.4. The molecule has 1 aliphatic heterocycles. The maximum absolute atomic E-state index is 13.9. The van der Waals surface area contributed by atoms with E-state index in [2.05, 4.69) is 19.2 Å². The number of halogens is 3. The van der Waals surface area contributed by atoms with Crippen molar-refractivity contribution in [2.45, 2.75) is 82.1 Å². The van der Waals surface area contributed by atoms with Crippen LogP contribution in [-0.4, -0.2) is 62.0 Å². The molecule has 5 rings (SSSR count). The molecule has 0 radical (unpaired) electrons. The van der Waals surface area contributed by atoms with Gasteiger partial charge in [0.1, 0.15) is 12.3 Å².